The quantitative estimate of drug-likeness (QED) is 0.347. The fourth-order valence-electron chi connectivity index (χ4n) is 3.91. The number of likely N-dealkylation sites (tertiary alicyclic amines) is 1. The van der Waals surface area contributed by atoms with Crippen LogP contribution in [0.3, 0.4) is 0 Å². The Bertz CT molecular complexity index is 1040. The van der Waals surface area contributed by atoms with Gasteiger partial charge in [-0.15, -0.1) is 0 Å². The number of aryl methyl sites for hydroxylation is 1. The maximum Gasteiger partial charge on any atom is 0.295 e. The molecular formula is C26H31NO6. The molecule has 1 N–H and O–H groups in total. The summed E-state index contributed by atoms with van der Waals surface area (Å²) in [4.78, 5) is 27.6. The van der Waals surface area contributed by atoms with Gasteiger partial charge >= 0.3 is 0 Å². The van der Waals surface area contributed by atoms with Crippen molar-refractivity contribution >= 4 is 17.4 Å². The summed E-state index contributed by atoms with van der Waals surface area (Å²) in [6, 6.07) is 11.7. The molecule has 2 aromatic carbocycles. The first kappa shape index (κ1) is 24.3. The number of ether oxygens (including phenoxy) is 3. The monoisotopic (exact) mass is 453 g/mol. The maximum absolute atomic E-state index is 13.1. The van der Waals surface area contributed by atoms with Crippen LogP contribution in [0.4, 0.5) is 0 Å². The van der Waals surface area contributed by atoms with Gasteiger partial charge in [-0.25, -0.2) is 0 Å². The summed E-state index contributed by atoms with van der Waals surface area (Å²) >= 11 is 0. The minimum Gasteiger partial charge on any atom is -0.507 e. The smallest absolute Gasteiger partial charge is 0.295 e. The van der Waals surface area contributed by atoms with Gasteiger partial charge in [0.15, 0.2) is 0 Å². The predicted molar refractivity (Wildman–Crippen MR) is 125 cm³/mol. The van der Waals surface area contributed by atoms with E-state index >= 15 is 0 Å². The van der Waals surface area contributed by atoms with Crippen molar-refractivity contribution in [3.63, 3.8) is 0 Å². The highest BCUT2D eigenvalue weighted by Gasteiger charge is 2.46. The minimum absolute atomic E-state index is 0.0118. The molecule has 0 aromatic heterocycles. The van der Waals surface area contributed by atoms with E-state index in [-0.39, 0.29) is 30.6 Å². The Morgan fingerprint density at radius 1 is 1.12 bits per heavy atom. The van der Waals surface area contributed by atoms with Crippen LogP contribution in [0, 0.1) is 6.92 Å². The first-order chi connectivity index (χ1) is 15.8. The summed E-state index contributed by atoms with van der Waals surface area (Å²) in [5.41, 5.74) is 1.97. The summed E-state index contributed by atoms with van der Waals surface area (Å²) in [5, 5.41) is 11.3. The largest absolute Gasteiger partial charge is 0.507 e. The van der Waals surface area contributed by atoms with Crippen molar-refractivity contribution in [2.24, 2.45) is 0 Å². The van der Waals surface area contributed by atoms with E-state index in [2.05, 4.69) is 0 Å². The van der Waals surface area contributed by atoms with Crippen LogP contribution in [-0.2, 0) is 14.3 Å². The van der Waals surface area contributed by atoms with Gasteiger partial charge in [0.25, 0.3) is 11.7 Å². The molecule has 2 aromatic rings. The summed E-state index contributed by atoms with van der Waals surface area (Å²) in [7, 11) is 1.49. The number of carbonyl (C=O) groups excluding carboxylic acids is 2. The highest BCUT2D eigenvalue weighted by molar-refractivity contribution is 6.46. The zero-order chi connectivity index (χ0) is 24.1. The first-order valence-corrected chi connectivity index (χ1v) is 11.1. The molecule has 1 heterocycles. The summed E-state index contributed by atoms with van der Waals surface area (Å²) in [6.07, 6.45) is -0.0118. The second-order valence-electron chi connectivity index (χ2n) is 8.12. The van der Waals surface area contributed by atoms with Crippen molar-refractivity contribution in [2.75, 3.05) is 26.9 Å². The highest BCUT2D eigenvalue weighted by Crippen LogP contribution is 2.41. The number of ketones is 1. The Kier molecular flexibility index (Phi) is 7.76. The van der Waals surface area contributed by atoms with Crippen LogP contribution in [0.2, 0.25) is 0 Å². The SMILES string of the molecule is CCOc1ccc(C2/C(=C(\O)c3cc(C)ccc3OC)C(=O)C(=O)N2CCOC(C)C)cc1. The Morgan fingerprint density at radius 3 is 2.42 bits per heavy atom. The lowest BCUT2D eigenvalue weighted by Gasteiger charge is -2.26. The van der Waals surface area contributed by atoms with Crippen LogP contribution < -0.4 is 9.47 Å². The van der Waals surface area contributed by atoms with Gasteiger partial charge in [0.1, 0.15) is 17.3 Å². The summed E-state index contributed by atoms with van der Waals surface area (Å²) in [6.45, 7) is 8.59. The number of benzene rings is 2. The fraction of sp³-hybridized carbons (Fsp3) is 0.385. The third kappa shape index (κ3) is 5.20. The number of aliphatic hydroxyl groups is 1. The zero-order valence-electron chi connectivity index (χ0n) is 19.8. The van der Waals surface area contributed by atoms with Crippen molar-refractivity contribution in [1.29, 1.82) is 0 Å². The molecule has 0 bridgehead atoms. The number of methoxy groups -OCH3 is 1. The van der Waals surface area contributed by atoms with E-state index in [9.17, 15) is 14.7 Å². The number of hydrogen-bond acceptors (Lipinski definition) is 6. The van der Waals surface area contributed by atoms with Crippen LogP contribution in [0.25, 0.3) is 5.76 Å². The number of carbonyl (C=O) groups is 2. The standard InChI is InChI=1S/C26H31NO6/c1-6-32-19-10-8-18(9-11-19)23-22(24(28)20-15-17(4)7-12-21(20)31-5)25(29)26(30)27(23)13-14-33-16(2)3/h7-12,15-16,23,28H,6,13-14H2,1-5H3/b24-22+. The van der Waals surface area contributed by atoms with Gasteiger partial charge in [-0.2, -0.15) is 0 Å². The van der Waals surface area contributed by atoms with Gasteiger partial charge in [0, 0.05) is 6.54 Å². The van der Waals surface area contributed by atoms with Crippen molar-refractivity contribution in [3.05, 3.63) is 64.7 Å². The van der Waals surface area contributed by atoms with Crippen molar-refractivity contribution in [1.82, 2.24) is 4.90 Å². The third-order valence-electron chi connectivity index (χ3n) is 5.44. The average Bonchev–Trinajstić information content (AvgIpc) is 3.04. The molecule has 0 aliphatic carbocycles. The van der Waals surface area contributed by atoms with Gasteiger partial charge in [0.2, 0.25) is 0 Å². The Labute approximate surface area is 194 Å². The zero-order valence-corrected chi connectivity index (χ0v) is 19.8. The van der Waals surface area contributed by atoms with Gasteiger partial charge in [-0.3, -0.25) is 9.59 Å². The molecule has 1 saturated heterocycles. The van der Waals surface area contributed by atoms with Gasteiger partial charge < -0.3 is 24.2 Å². The molecule has 0 radical (unpaired) electrons. The predicted octanol–water partition coefficient (Wildman–Crippen LogP) is 4.25. The van der Waals surface area contributed by atoms with Crippen LogP contribution in [0.15, 0.2) is 48.0 Å². The van der Waals surface area contributed by atoms with E-state index in [1.807, 2.05) is 33.8 Å². The maximum atomic E-state index is 13.1. The molecule has 3 rings (SSSR count). The average molecular weight is 454 g/mol. The Hall–Kier alpha value is -3.32. The second-order valence-corrected chi connectivity index (χ2v) is 8.12. The second kappa shape index (κ2) is 10.5. The molecular weight excluding hydrogens is 422 g/mol. The number of aliphatic hydroxyl groups excluding tert-OH is 1. The lowest BCUT2D eigenvalue weighted by Crippen LogP contribution is -2.33. The molecule has 1 amide bonds. The molecule has 0 saturated carbocycles. The van der Waals surface area contributed by atoms with E-state index in [0.29, 0.717) is 29.2 Å². The Morgan fingerprint density at radius 2 is 1.82 bits per heavy atom. The third-order valence-corrected chi connectivity index (χ3v) is 5.44. The van der Waals surface area contributed by atoms with Crippen LogP contribution >= 0.6 is 0 Å². The van der Waals surface area contributed by atoms with Crippen LogP contribution in [0.5, 0.6) is 11.5 Å². The van der Waals surface area contributed by atoms with Gasteiger partial charge in [0.05, 0.1) is 43.6 Å². The molecule has 1 atom stereocenters. The van der Waals surface area contributed by atoms with Crippen molar-refractivity contribution in [3.8, 4) is 11.5 Å². The fourth-order valence-corrected chi connectivity index (χ4v) is 3.91. The first-order valence-electron chi connectivity index (χ1n) is 11.1. The summed E-state index contributed by atoms with van der Waals surface area (Å²) in [5.74, 6) is -0.575. The lowest BCUT2D eigenvalue weighted by atomic mass is 9.94. The highest BCUT2D eigenvalue weighted by atomic mass is 16.5. The van der Waals surface area contributed by atoms with Crippen LogP contribution in [0.1, 0.15) is 43.5 Å². The summed E-state index contributed by atoms with van der Waals surface area (Å²) < 4.78 is 16.6. The number of Topliss-reactive ketones (excluding diaryl/α,β-unsaturated/α-hetero) is 1. The molecule has 33 heavy (non-hydrogen) atoms. The lowest BCUT2D eigenvalue weighted by molar-refractivity contribution is -0.140. The van der Waals surface area contributed by atoms with E-state index in [4.69, 9.17) is 14.2 Å². The molecule has 176 valence electrons. The minimum atomic E-state index is -0.762. The number of nitrogens with zero attached hydrogens (tertiary/aromatic N) is 1. The molecule has 1 aliphatic heterocycles. The molecule has 1 fully saturated rings. The van der Waals surface area contributed by atoms with Crippen molar-refractivity contribution in [2.45, 2.75) is 39.8 Å². The molecule has 7 nitrogen and oxygen atoms in total. The molecule has 7 heteroatoms. The van der Waals surface area contributed by atoms with E-state index in [0.717, 1.165) is 5.56 Å². The van der Waals surface area contributed by atoms with E-state index in [1.165, 1.54) is 12.0 Å². The van der Waals surface area contributed by atoms with E-state index < -0.39 is 17.7 Å². The van der Waals surface area contributed by atoms with Crippen molar-refractivity contribution < 1.29 is 28.9 Å². The number of rotatable bonds is 9. The molecule has 0 spiro atoms. The van der Waals surface area contributed by atoms with Gasteiger partial charge in [-0.05, 0) is 57.5 Å². The van der Waals surface area contributed by atoms with Gasteiger partial charge in [-0.1, -0.05) is 23.8 Å². The van der Waals surface area contributed by atoms with Crippen LogP contribution in [-0.4, -0.2) is 54.7 Å². The number of amides is 1. The normalized spacial score (nSPS) is 17.6. The molecule has 1 aliphatic rings. The molecule has 1 unspecified atom stereocenters. The topological polar surface area (TPSA) is 85.3 Å². The van der Waals surface area contributed by atoms with E-state index in [1.54, 1.807) is 36.4 Å². The Balaban J connectivity index is 2.13. The number of hydrogen-bond donors (Lipinski definition) is 1.